The van der Waals surface area contributed by atoms with Gasteiger partial charge >= 0.3 is 6.03 Å². The molecule has 3 amide bonds. The van der Waals surface area contributed by atoms with Gasteiger partial charge in [-0.2, -0.15) is 0 Å². The summed E-state index contributed by atoms with van der Waals surface area (Å²) in [7, 11) is 0. The summed E-state index contributed by atoms with van der Waals surface area (Å²) in [5.74, 6) is -0.0868. The lowest BCUT2D eigenvalue weighted by Gasteiger charge is -2.23. The fourth-order valence-corrected chi connectivity index (χ4v) is 2.99. The number of urea groups is 1. The van der Waals surface area contributed by atoms with Crippen LogP contribution in [0.4, 0.5) is 16.2 Å². The monoisotopic (exact) mass is 360 g/mol. The minimum atomic E-state index is -0.236. The average Bonchev–Trinajstić information content (AvgIpc) is 3.16. The Bertz CT molecular complexity index is 612. The van der Waals surface area contributed by atoms with Crippen molar-refractivity contribution in [3.63, 3.8) is 0 Å². The third kappa shape index (κ3) is 5.64. The third-order valence-corrected chi connectivity index (χ3v) is 4.75. The second-order valence-electron chi connectivity index (χ2n) is 6.94. The van der Waals surface area contributed by atoms with Crippen molar-refractivity contribution in [3.8, 4) is 0 Å². The summed E-state index contributed by atoms with van der Waals surface area (Å²) in [5.41, 5.74) is 2.20. The van der Waals surface area contributed by atoms with Crippen molar-refractivity contribution in [1.82, 2.24) is 10.6 Å². The van der Waals surface area contributed by atoms with Gasteiger partial charge in [0, 0.05) is 37.1 Å². The molecule has 0 aliphatic carbocycles. The van der Waals surface area contributed by atoms with E-state index in [1.807, 2.05) is 26.0 Å². The minimum Gasteiger partial charge on any atom is -0.371 e. The van der Waals surface area contributed by atoms with Gasteiger partial charge < -0.3 is 20.9 Å². The molecule has 0 radical (unpaired) electrons. The zero-order chi connectivity index (χ0) is 18.9. The van der Waals surface area contributed by atoms with Crippen LogP contribution in [0.15, 0.2) is 18.2 Å². The quantitative estimate of drug-likeness (QED) is 0.618. The first kappa shape index (κ1) is 20.1. The van der Waals surface area contributed by atoms with Crippen LogP contribution in [0.3, 0.4) is 0 Å². The van der Waals surface area contributed by atoms with E-state index in [1.165, 1.54) is 0 Å². The molecule has 1 aromatic rings. The Morgan fingerprint density at radius 3 is 2.58 bits per heavy atom. The van der Waals surface area contributed by atoms with E-state index in [0.29, 0.717) is 17.8 Å². The van der Waals surface area contributed by atoms with Crippen LogP contribution in [0.2, 0.25) is 0 Å². The van der Waals surface area contributed by atoms with Crippen molar-refractivity contribution in [2.45, 2.75) is 58.9 Å². The van der Waals surface area contributed by atoms with Gasteiger partial charge in [0.1, 0.15) is 0 Å². The first-order chi connectivity index (χ1) is 12.5. The van der Waals surface area contributed by atoms with Gasteiger partial charge in [0.05, 0.1) is 5.56 Å². The molecule has 6 nitrogen and oxygen atoms in total. The van der Waals surface area contributed by atoms with Crippen LogP contribution in [-0.2, 0) is 0 Å². The number of anilines is 2. The van der Waals surface area contributed by atoms with E-state index < -0.39 is 0 Å². The van der Waals surface area contributed by atoms with Gasteiger partial charge in [-0.25, -0.2) is 4.79 Å². The highest BCUT2D eigenvalue weighted by atomic mass is 16.2. The molecule has 0 unspecified atom stereocenters. The van der Waals surface area contributed by atoms with Crippen LogP contribution < -0.4 is 20.9 Å². The Hall–Kier alpha value is -2.24. The Morgan fingerprint density at radius 1 is 1.19 bits per heavy atom. The smallest absolute Gasteiger partial charge is 0.319 e. The molecule has 0 bridgehead atoms. The first-order valence-electron chi connectivity index (χ1n) is 9.79. The van der Waals surface area contributed by atoms with Crippen molar-refractivity contribution in [2.24, 2.45) is 0 Å². The molecular formula is C20H32N4O2. The fourth-order valence-electron chi connectivity index (χ4n) is 2.99. The molecular weight excluding hydrogens is 328 g/mol. The normalized spacial score (nSPS) is 14.8. The van der Waals surface area contributed by atoms with Crippen molar-refractivity contribution in [3.05, 3.63) is 23.8 Å². The zero-order valence-electron chi connectivity index (χ0n) is 16.2. The molecule has 1 aliphatic heterocycles. The van der Waals surface area contributed by atoms with Crippen molar-refractivity contribution in [1.29, 1.82) is 0 Å². The van der Waals surface area contributed by atoms with Crippen LogP contribution in [-0.4, -0.2) is 37.6 Å². The van der Waals surface area contributed by atoms with Crippen LogP contribution in [0.1, 0.15) is 63.2 Å². The predicted octanol–water partition coefficient (Wildman–Crippen LogP) is 3.74. The molecule has 1 aliphatic rings. The van der Waals surface area contributed by atoms with Crippen molar-refractivity contribution in [2.75, 3.05) is 29.9 Å². The zero-order valence-corrected chi connectivity index (χ0v) is 16.2. The maximum atomic E-state index is 12.8. The van der Waals surface area contributed by atoms with Crippen LogP contribution in [0.5, 0.6) is 0 Å². The van der Waals surface area contributed by atoms with Gasteiger partial charge in [0.15, 0.2) is 0 Å². The summed E-state index contributed by atoms with van der Waals surface area (Å²) in [6.07, 6.45) is 5.15. The van der Waals surface area contributed by atoms with E-state index in [4.69, 9.17) is 0 Å². The summed E-state index contributed by atoms with van der Waals surface area (Å²) in [5, 5.41) is 8.70. The minimum absolute atomic E-state index is 0.0868. The lowest BCUT2D eigenvalue weighted by Crippen LogP contribution is -2.34. The molecule has 26 heavy (non-hydrogen) atoms. The van der Waals surface area contributed by atoms with Gasteiger partial charge in [-0.1, -0.05) is 20.3 Å². The van der Waals surface area contributed by atoms with E-state index in [0.717, 1.165) is 50.9 Å². The molecule has 6 heteroatoms. The highest BCUT2D eigenvalue weighted by Gasteiger charge is 2.21. The van der Waals surface area contributed by atoms with Gasteiger partial charge in [-0.05, 0) is 50.8 Å². The van der Waals surface area contributed by atoms with Crippen molar-refractivity contribution < 1.29 is 9.59 Å². The number of carbonyl (C=O) groups excluding carboxylic acids is 2. The molecule has 1 aromatic carbocycles. The van der Waals surface area contributed by atoms with Crippen LogP contribution in [0.25, 0.3) is 0 Å². The highest BCUT2D eigenvalue weighted by Crippen LogP contribution is 2.27. The lowest BCUT2D eigenvalue weighted by atomic mass is 10.1. The second kappa shape index (κ2) is 10.0. The molecule has 1 saturated heterocycles. The molecule has 2 rings (SSSR count). The summed E-state index contributed by atoms with van der Waals surface area (Å²) in [6, 6.07) is 5.47. The Balaban J connectivity index is 2.16. The third-order valence-electron chi connectivity index (χ3n) is 4.75. The summed E-state index contributed by atoms with van der Waals surface area (Å²) in [4.78, 5) is 27.0. The Kier molecular flexibility index (Phi) is 7.75. The highest BCUT2D eigenvalue weighted by molar-refractivity contribution is 6.02. The second-order valence-corrected chi connectivity index (χ2v) is 6.94. The van der Waals surface area contributed by atoms with E-state index in [1.54, 1.807) is 6.07 Å². The number of hydrogen-bond acceptors (Lipinski definition) is 3. The number of unbranched alkanes of at least 4 members (excludes halogenated alkanes) is 1. The molecule has 144 valence electrons. The predicted molar refractivity (Wildman–Crippen MR) is 107 cm³/mol. The van der Waals surface area contributed by atoms with Crippen molar-refractivity contribution >= 4 is 23.3 Å². The number of nitrogens with zero attached hydrogens (tertiary/aromatic N) is 1. The molecule has 3 N–H and O–H groups in total. The lowest BCUT2D eigenvalue weighted by molar-refractivity contribution is 0.0939. The Morgan fingerprint density at radius 2 is 1.92 bits per heavy atom. The maximum Gasteiger partial charge on any atom is 0.319 e. The van der Waals surface area contributed by atoms with E-state index in [-0.39, 0.29) is 18.0 Å². The van der Waals surface area contributed by atoms with E-state index in [2.05, 4.69) is 27.8 Å². The average molecular weight is 361 g/mol. The molecule has 1 fully saturated rings. The molecule has 0 spiro atoms. The van der Waals surface area contributed by atoms with Gasteiger partial charge in [0.25, 0.3) is 5.91 Å². The number of carbonyl (C=O) groups is 2. The number of rotatable bonds is 8. The fraction of sp³-hybridized carbons (Fsp3) is 0.600. The molecule has 1 atom stereocenters. The molecule has 1 heterocycles. The largest absolute Gasteiger partial charge is 0.371 e. The van der Waals surface area contributed by atoms with Crippen LogP contribution >= 0.6 is 0 Å². The standard InChI is InChI=1S/C20H32N4O2/c1-4-6-11-21-20(26)23-16-9-10-18(24-12-7-8-13-24)17(14-16)19(25)22-15(3)5-2/h9-10,14-15H,4-8,11-13H2,1-3H3,(H,22,25)(H2,21,23,26)/t15-/m0/s1. The first-order valence-corrected chi connectivity index (χ1v) is 9.79. The number of benzene rings is 1. The Labute approximate surface area is 156 Å². The molecule has 0 aromatic heterocycles. The number of hydrogen-bond donors (Lipinski definition) is 3. The summed E-state index contributed by atoms with van der Waals surface area (Å²) >= 11 is 0. The van der Waals surface area contributed by atoms with E-state index >= 15 is 0 Å². The molecule has 0 saturated carbocycles. The topological polar surface area (TPSA) is 73.5 Å². The number of nitrogens with one attached hydrogen (secondary N) is 3. The summed E-state index contributed by atoms with van der Waals surface area (Å²) in [6.45, 7) is 8.71. The van der Waals surface area contributed by atoms with Gasteiger partial charge in [0.2, 0.25) is 0 Å². The maximum absolute atomic E-state index is 12.8. The SMILES string of the molecule is CCCCNC(=O)Nc1ccc(N2CCCC2)c(C(=O)N[C@@H](C)CC)c1. The van der Waals surface area contributed by atoms with Crippen LogP contribution in [0, 0.1) is 0 Å². The van der Waals surface area contributed by atoms with E-state index in [9.17, 15) is 9.59 Å². The van der Waals surface area contributed by atoms with Gasteiger partial charge in [-0.15, -0.1) is 0 Å². The van der Waals surface area contributed by atoms with Gasteiger partial charge in [-0.3, -0.25) is 4.79 Å². The number of amides is 3. The summed E-state index contributed by atoms with van der Waals surface area (Å²) < 4.78 is 0.